The van der Waals surface area contributed by atoms with Gasteiger partial charge in [-0.1, -0.05) is 0 Å². The second kappa shape index (κ2) is 4.97. The van der Waals surface area contributed by atoms with E-state index in [1.165, 1.54) is 4.57 Å². The molecule has 2 aromatic heterocycles. The van der Waals surface area contributed by atoms with E-state index in [9.17, 15) is 4.79 Å². The summed E-state index contributed by atoms with van der Waals surface area (Å²) < 4.78 is 6.78. The van der Waals surface area contributed by atoms with Crippen molar-refractivity contribution in [3.8, 4) is 6.07 Å². The molecule has 0 N–H and O–H groups in total. The minimum Gasteiger partial charge on any atom is -0.443 e. The lowest BCUT2D eigenvalue weighted by molar-refractivity contribution is 0.0544. The summed E-state index contributed by atoms with van der Waals surface area (Å²) in [7, 11) is 0. The van der Waals surface area contributed by atoms with Crippen molar-refractivity contribution in [2.45, 2.75) is 39.7 Å². The Bertz CT molecular complexity index is 702. The Morgan fingerprint density at radius 3 is 2.75 bits per heavy atom. The lowest BCUT2D eigenvalue weighted by Gasteiger charge is -2.19. The molecule has 0 spiro atoms. The van der Waals surface area contributed by atoms with Gasteiger partial charge in [-0.25, -0.2) is 4.79 Å². The van der Waals surface area contributed by atoms with Crippen LogP contribution in [0, 0.1) is 18.3 Å². The number of nitriles is 1. The van der Waals surface area contributed by atoms with Gasteiger partial charge in [0.05, 0.1) is 23.5 Å². The van der Waals surface area contributed by atoms with Gasteiger partial charge in [-0.15, -0.1) is 0 Å². The Morgan fingerprint density at radius 2 is 2.15 bits per heavy atom. The molecule has 0 bridgehead atoms. The average Bonchev–Trinajstić information content (AvgIpc) is 2.66. The molecular weight excluding hydrogens is 254 g/mol. The Hall–Kier alpha value is -2.35. The van der Waals surface area contributed by atoms with E-state index in [2.05, 4.69) is 11.1 Å². The Labute approximate surface area is 117 Å². The zero-order chi connectivity index (χ0) is 14.9. The molecule has 0 saturated carbocycles. The maximum atomic E-state index is 12.2. The molecule has 0 atom stereocenters. The van der Waals surface area contributed by atoms with Crippen molar-refractivity contribution in [2.24, 2.45) is 0 Å². The molecule has 5 nitrogen and oxygen atoms in total. The van der Waals surface area contributed by atoms with Gasteiger partial charge in [0, 0.05) is 17.5 Å². The minimum atomic E-state index is -0.568. The van der Waals surface area contributed by atoms with Gasteiger partial charge in [0.1, 0.15) is 5.60 Å². The largest absolute Gasteiger partial charge is 0.443 e. The van der Waals surface area contributed by atoms with Crippen molar-refractivity contribution in [2.75, 3.05) is 0 Å². The standard InChI is InChI=1S/C15H17N3O2/c1-10-5-6-12-13(17-10)11(7-8-16)9-18(12)14(19)20-15(2,3)4/h5-6,9H,7H2,1-4H3. The van der Waals surface area contributed by atoms with Crippen LogP contribution in [0.25, 0.3) is 11.0 Å². The van der Waals surface area contributed by atoms with Gasteiger partial charge in [0.2, 0.25) is 0 Å². The first-order valence-electron chi connectivity index (χ1n) is 6.40. The number of carbonyl (C=O) groups excluding carboxylic acids is 1. The number of aryl methyl sites for hydroxylation is 1. The monoisotopic (exact) mass is 271 g/mol. The van der Waals surface area contributed by atoms with E-state index in [1.807, 2.05) is 39.8 Å². The maximum Gasteiger partial charge on any atom is 0.419 e. The van der Waals surface area contributed by atoms with E-state index in [4.69, 9.17) is 10.00 Å². The molecule has 2 aromatic rings. The molecule has 0 aromatic carbocycles. The predicted octanol–water partition coefficient (Wildman–Crippen LogP) is 3.19. The van der Waals surface area contributed by atoms with Crippen molar-refractivity contribution in [1.29, 1.82) is 5.26 Å². The van der Waals surface area contributed by atoms with Crippen LogP contribution in [-0.4, -0.2) is 21.2 Å². The van der Waals surface area contributed by atoms with Crippen molar-refractivity contribution >= 4 is 17.1 Å². The fourth-order valence-electron chi connectivity index (χ4n) is 1.94. The number of ether oxygens (including phenoxy) is 1. The van der Waals surface area contributed by atoms with Crippen molar-refractivity contribution in [1.82, 2.24) is 9.55 Å². The number of carbonyl (C=O) groups is 1. The minimum absolute atomic E-state index is 0.211. The number of rotatable bonds is 1. The van der Waals surface area contributed by atoms with Crippen LogP contribution in [0.3, 0.4) is 0 Å². The van der Waals surface area contributed by atoms with Gasteiger partial charge in [-0.2, -0.15) is 5.26 Å². The Kier molecular flexibility index (Phi) is 3.49. The first kappa shape index (κ1) is 14.1. The number of pyridine rings is 1. The van der Waals surface area contributed by atoms with Crippen LogP contribution >= 0.6 is 0 Å². The Morgan fingerprint density at radius 1 is 1.45 bits per heavy atom. The summed E-state index contributed by atoms with van der Waals surface area (Å²) in [6.45, 7) is 7.32. The summed E-state index contributed by atoms with van der Waals surface area (Å²) in [5, 5.41) is 8.88. The molecule has 5 heteroatoms. The SMILES string of the molecule is Cc1ccc2c(n1)c(CC#N)cn2C(=O)OC(C)(C)C. The van der Waals surface area contributed by atoms with Crippen LogP contribution in [0.2, 0.25) is 0 Å². The molecular formula is C15H17N3O2. The molecule has 0 aliphatic rings. The highest BCUT2D eigenvalue weighted by Crippen LogP contribution is 2.22. The smallest absolute Gasteiger partial charge is 0.419 e. The second-order valence-electron chi connectivity index (χ2n) is 5.66. The first-order chi connectivity index (χ1) is 9.31. The summed E-state index contributed by atoms with van der Waals surface area (Å²) in [5.74, 6) is 0. The third kappa shape index (κ3) is 2.80. The van der Waals surface area contributed by atoms with E-state index in [-0.39, 0.29) is 6.42 Å². The summed E-state index contributed by atoms with van der Waals surface area (Å²) in [6.07, 6.45) is 1.38. The van der Waals surface area contributed by atoms with Crippen LogP contribution < -0.4 is 0 Å². The van der Waals surface area contributed by atoms with Crippen LogP contribution in [0.4, 0.5) is 4.79 Å². The third-order valence-corrected chi connectivity index (χ3v) is 2.72. The highest BCUT2D eigenvalue weighted by atomic mass is 16.6. The lowest BCUT2D eigenvalue weighted by Crippen LogP contribution is -2.26. The number of fused-ring (bicyclic) bond motifs is 1. The van der Waals surface area contributed by atoms with Crippen molar-refractivity contribution in [3.63, 3.8) is 0 Å². The lowest BCUT2D eigenvalue weighted by atomic mass is 10.2. The summed E-state index contributed by atoms with van der Waals surface area (Å²) >= 11 is 0. The summed E-state index contributed by atoms with van der Waals surface area (Å²) in [5.41, 5.74) is 2.35. The summed E-state index contributed by atoms with van der Waals surface area (Å²) in [6, 6.07) is 5.75. The van der Waals surface area contributed by atoms with E-state index < -0.39 is 11.7 Å². The van der Waals surface area contributed by atoms with Crippen LogP contribution in [-0.2, 0) is 11.2 Å². The highest BCUT2D eigenvalue weighted by molar-refractivity contribution is 5.89. The summed E-state index contributed by atoms with van der Waals surface area (Å²) in [4.78, 5) is 16.6. The van der Waals surface area contributed by atoms with Gasteiger partial charge in [0.25, 0.3) is 0 Å². The molecule has 20 heavy (non-hydrogen) atoms. The quantitative estimate of drug-likeness (QED) is 0.798. The van der Waals surface area contributed by atoms with E-state index >= 15 is 0 Å². The van der Waals surface area contributed by atoms with Gasteiger partial charge in [-0.3, -0.25) is 9.55 Å². The molecule has 0 fully saturated rings. The van der Waals surface area contributed by atoms with Gasteiger partial charge < -0.3 is 4.74 Å². The van der Waals surface area contributed by atoms with Crippen molar-refractivity contribution < 1.29 is 9.53 Å². The molecule has 0 aliphatic carbocycles. The van der Waals surface area contributed by atoms with Gasteiger partial charge >= 0.3 is 6.09 Å². The van der Waals surface area contributed by atoms with E-state index in [0.29, 0.717) is 11.0 Å². The van der Waals surface area contributed by atoms with Crippen LogP contribution in [0.15, 0.2) is 18.3 Å². The number of hydrogen-bond acceptors (Lipinski definition) is 4. The molecule has 2 heterocycles. The zero-order valence-electron chi connectivity index (χ0n) is 12.1. The average molecular weight is 271 g/mol. The number of nitrogens with zero attached hydrogens (tertiary/aromatic N) is 3. The maximum absolute atomic E-state index is 12.2. The van der Waals surface area contributed by atoms with Gasteiger partial charge in [0.15, 0.2) is 0 Å². The van der Waals surface area contributed by atoms with Crippen LogP contribution in [0.1, 0.15) is 32.0 Å². The molecule has 104 valence electrons. The van der Waals surface area contributed by atoms with E-state index in [1.54, 1.807) is 6.20 Å². The highest BCUT2D eigenvalue weighted by Gasteiger charge is 2.21. The fourth-order valence-corrected chi connectivity index (χ4v) is 1.94. The van der Waals surface area contributed by atoms with Crippen LogP contribution in [0.5, 0.6) is 0 Å². The second-order valence-corrected chi connectivity index (χ2v) is 5.66. The fraction of sp³-hybridized carbons (Fsp3) is 0.400. The predicted molar refractivity (Wildman–Crippen MR) is 75.4 cm³/mol. The van der Waals surface area contributed by atoms with E-state index in [0.717, 1.165) is 11.3 Å². The normalized spacial score (nSPS) is 11.3. The number of hydrogen-bond donors (Lipinski definition) is 0. The van der Waals surface area contributed by atoms with Crippen molar-refractivity contribution in [3.05, 3.63) is 29.6 Å². The number of aromatic nitrogens is 2. The molecule has 0 radical (unpaired) electrons. The third-order valence-electron chi connectivity index (χ3n) is 2.72. The Balaban J connectivity index is 2.54. The molecule has 0 amide bonds. The molecule has 2 rings (SSSR count). The molecule has 0 unspecified atom stereocenters. The van der Waals surface area contributed by atoms with Gasteiger partial charge in [-0.05, 0) is 39.8 Å². The topological polar surface area (TPSA) is 67.9 Å². The molecule has 0 saturated heterocycles. The molecule has 0 aliphatic heterocycles. The first-order valence-corrected chi connectivity index (χ1v) is 6.40. The zero-order valence-corrected chi connectivity index (χ0v) is 12.1.